The Morgan fingerprint density at radius 3 is 2.84 bits per heavy atom. The lowest BCUT2D eigenvalue weighted by Gasteiger charge is -2.05. The van der Waals surface area contributed by atoms with Crippen molar-refractivity contribution in [2.75, 3.05) is 6.26 Å². The van der Waals surface area contributed by atoms with Crippen LogP contribution >= 0.6 is 12.2 Å². The Balaban J connectivity index is 2.47. The van der Waals surface area contributed by atoms with Gasteiger partial charge < -0.3 is 0 Å². The zero-order valence-corrected chi connectivity index (χ0v) is 11.6. The van der Waals surface area contributed by atoms with Crippen molar-refractivity contribution >= 4 is 38.7 Å². The first-order valence-corrected chi connectivity index (χ1v) is 7.95. The lowest BCUT2D eigenvalue weighted by Crippen LogP contribution is -2.06. The molecule has 3 rings (SSSR count). The van der Waals surface area contributed by atoms with Crippen LogP contribution in [0.5, 0.6) is 0 Å². The molecule has 3 aromatic rings. The quantitative estimate of drug-likeness (QED) is 0.724. The van der Waals surface area contributed by atoms with Crippen LogP contribution in [-0.4, -0.2) is 34.3 Å². The average Bonchev–Trinajstić information content (AvgIpc) is 2.71. The van der Waals surface area contributed by atoms with Crippen LogP contribution in [0.15, 0.2) is 24.3 Å². The zero-order valence-electron chi connectivity index (χ0n) is 9.99. The van der Waals surface area contributed by atoms with Crippen LogP contribution in [0.2, 0.25) is 0 Å². The summed E-state index contributed by atoms with van der Waals surface area (Å²) in [6, 6.07) is 7.39. The maximum absolute atomic E-state index is 11.5. The standard InChI is InChI=1S/C11H10N4O2S2/c1-19(16,17)6-8-10-13-14-11(18)15(10)9-5-3-2-4-7(9)12-8/h2-5H,6H2,1H3,(H,14,18). The number of sulfone groups is 1. The van der Waals surface area contributed by atoms with Gasteiger partial charge in [-0.05, 0) is 24.4 Å². The van der Waals surface area contributed by atoms with E-state index in [2.05, 4.69) is 15.2 Å². The number of nitrogens with zero attached hydrogens (tertiary/aromatic N) is 3. The second-order valence-corrected chi connectivity index (χ2v) is 6.83. The number of aromatic nitrogens is 4. The van der Waals surface area contributed by atoms with E-state index in [-0.39, 0.29) is 5.75 Å². The van der Waals surface area contributed by atoms with Gasteiger partial charge in [0.15, 0.2) is 20.3 Å². The molecule has 6 nitrogen and oxygen atoms in total. The number of hydrogen-bond acceptors (Lipinski definition) is 5. The lowest BCUT2D eigenvalue weighted by molar-refractivity contribution is 0.600. The summed E-state index contributed by atoms with van der Waals surface area (Å²) in [7, 11) is -3.19. The summed E-state index contributed by atoms with van der Waals surface area (Å²) in [6.07, 6.45) is 1.17. The highest BCUT2D eigenvalue weighted by atomic mass is 32.2. The van der Waals surface area contributed by atoms with Crippen molar-refractivity contribution in [1.82, 2.24) is 19.6 Å². The second kappa shape index (κ2) is 4.10. The smallest absolute Gasteiger partial charge is 0.200 e. The Hall–Kier alpha value is -1.80. The number of nitrogens with one attached hydrogen (secondary N) is 1. The van der Waals surface area contributed by atoms with Crippen LogP contribution in [-0.2, 0) is 15.6 Å². The number of rotatable bonds is 2. The Labute approximate surface area is 114 Å². The molecule has 19 heavy (non-hydrogen) atoms. The zero-order chi connectivity index (χ0) is 13.6. The number of aromatic amines is 1. The minimum atomic E-state index is -3.19. The largest absolute Gasteiger partial charge is 0.265 e. The van der Waals surface area contributed by atoms with Crippen LogP contribution in [0, 0.1) is 4.77 Å². The van der Waals surface area contributed by atoms with Gasteiger partial charge in [-0.3, -0.25) is 9.50 Å². The highest BCUT2D eigenvalue weighted by Gasteiger charge is 2.15. The number of hydrogen-bond donors (Lipinski definition) is 1. The normalized spacial score (nSPS) is 12.3. The molecular formula is C11H10N4O2S2. The Morgan fingerprint density at radius 1 is 1.37 bits per heavy atom. The van der Waals surface area contributed by atoms with Gasteiger partial charge in [0.25, 0.3) is 0 Å². The van der Waals surface area contributed by atoms with Crippen LogP contribution in [0.4, 0.5) is 0 Å². The predicted octanol–water partition coefficient (Wildman–Crippen LogP) is 1.48. The van der Waals surface area contributed by atoms with Crippen LogP contribution < -0.4 is 0 Å². The summed E-state index contributed by atoms with van der Waals surface area (Å²) in [5.74, 6) is -0.166. The van der Waals surface area contributed by atoms with Crippen molar-refractivity contribution in [2.24, 2.45) is 0 Å². The van der Waals surface area contributed by atoms with Gasteiger partial charge in [0, 0.05) is 6.26 Å². The summed E-state index contributed by atoms with van der Waals surface area (Å²) in [4.78, 5) is 4.37. The number of fused-ring (bicyclic) bond motifs is 3. The molecule has 0 aliphatic carbocycles. The molecule has 0 spiro atoms. The Morgan fingerprint density at radius 2 is 2.11 bits per heavy atom. The van der Waals surface area contributed by atoms with Crippen LogP contribution in [0.1, 0.15) is 5.69 Å². The SMILES string of the molecule is CS(=O)(=O)Cc1nc2ccccc2n2c(=S)[nH]nc12. The second-order valence-electron chi connectivity index (χ2n) is 4.31. The average molecular weight is 294 g/mol. The van der Waals surface area contributed by atoms with Gasteiger partial charge in [0.1, 0.15) is 5.69 Å². The van der Waals surface area contributed by atoms with E-state index in [1.54, 1.807) is 4.40 Å². The first kappa shape index (κ1) is 12.2. The van der Waals surface area contributed by atoms with Crippen molar-refractivity contribution in [3.05, 3.63) is 34.7 Å². The fourth-order valence-electron chi connectivity index (χ4n) is 2.00. The molecule has 1 N–H and O–H groups in total. The molecule has 0 fully saturated rings. The van der Waals surface area contributed by atoms with E-state index in [1.165, 1.54) is 6.26 Å². The Bertz CT molecular complexity index is 940. The molecule has 98 valence electrons. The maximum Gasteiger partial charge on any atom is 0.200 e. The van der Waals surface area contributed by atoms with Gasteiger partial charge in [-0.1, -0.05) is 12.1 Å². The fraction of sp³-hybridized carbons (Fsp3) is 0.182. The number of benzene rings is 1. The summed E-state index contributed by atoms with van der Waals surface area (Å²) < 4.78 is 25.1. The molecule has 0 aliphatic rings. The molecule has 2 heterocycles. The summed E-state index contributed by atoms with van der Waals surface area (Å²) in [5.41, 5.74) is 2.34. The predicted molar refractivity (Wildman–Crippen MR) is 74.2 cm³/mol. The van der Waals surface area contributed by atoms with E-state index in [0.717, 1.165) is 5.52 Å². The maximum atomic E-state index is 11.5. The minimum Gasteiger partial charge on any atom is -0.265 e. The highest BCUT2D eigenvalue weighted by Crippen LogP contribution is 2.18. The molecule has 2 aromatic heterocycles. The molecule has 0 aliphatic heterocycles. The third kappa shape index (κ3) is 2.13. The minimum absolute atomic E-state index is 0.166. The van der Waals surface area contributed by atoms with Crippen LogP contribution in [0.25, 0.3) is 16.7 Å². The van der Waals surface area contributed by atoms with Gasteiger partial charge in [-0.2, -0.15) is 5.10 Å². The summed E-state index contributed by atoms with van der Waals surface area (Å²) in [5, 5.41) is 6.75. The molecule has 0 saturated heterocycles. The van der Waals surface area contributed by atoms with Crippen molar-refractivity contribution < 1.29 is 8.42 Å². The lowest BCUT2D eigenvalue weighted by atomic mass is 10.3. The van der Waals surface area contributed by atoms with Crippen LogP contribution in [0.3, 0.4) is 0 Å². The van der Waals surface area contributed by atoms with E-state index >= 15 is 0 Å². The molecule has 0 saturated carbocycles. The molecule has 1 aromatic carbocycles. The molecule has 0 radical (unpaired) electrons. The van der Waals surface area contributed by atoms with Gasteiger partial charge >= 0.3 is 0 Å². The molecule has 0 bridgehead atoms. The summed E-state index contributed by atoms with van der Waals surface area (Å²) >= 11 is 5.18. The number of H-pyrrole nitrogens is 1. The first-order valence-electron chi connectivity index (χ1n) is 5.48. The molecule has 0 atom stereocenters. The molecule has 0 unspecified atom stereocenters. The third-order valence-electron chi connectivity index (χ3n) is 2.71. The third-order valence-corrected chi connectivity index (χ3v) is 3.78. The van der Waals surface area contributed by atoms with Gasteiger partial charge in [-0.25, -0.2) is 13.4 Å². The fourth-order valence-corrected chi connectivity index (χ4v) is 2.92. The van der Waals surface area contributed by atoms with Gasteiger partial charge in [0.05, 0.1) is 16.8 Å². The van der Waals surface area contributed by atoms with Crippen molar-refractivity contribution in [2.45, 2.75) is 5.75 Å². The van der Waals surface area contributed by atoms with Gasteiger partial charge in [-0.15, -0.1) is 0 Å². The molecular weight excluding hydrogens is 284 g/mol. The highest BCUT2D eigenvalue weighted by molar-refractivity contribution is 7.89. The number of para-hydroxylation sites is 2. The van der Waals surface area contributed by atoms with Gasteiger partial charge in [0.2, 0.25) is 0 Å². The van der Waals surface area contributed by atoms with Crippen molar-refractivity contribution in [3.63, 3.8) is 0 Å². The van der Waals surface area contributed by atoms with E-state index in [4.69, 9.17) is 12.2 Å². The van der Waals surface area contributed by atoms with Crippen molar-refractivity contribution in [1.29, 1.82) is 0 Å². The van der Waals surface area contributed by atoms with E-state index in [1.807, 2.05) is 24.3 Å². The molecule has 8 heteroatoms. The molecule has 0 amide bonds. The Kier molecular flexibility index (Phi) is 2.64. The first-order chi connectivity index (χ1) is 8.96. The summed E-state index contributed by atoms with van der Waals surface area (Å²) in [6.45, 7) is 0. The van der Waals surface area contributed by atoms with E-state index in [0.29, 0.717) is 21.6 Å². The monoisotopic (exact) mass is 294 g/mol. The topological polar surface area (TPSA) is 80.1 Å². The van der Waals surface area contributed by atoms with E-state index < -0.39 is 9.84 Å². The van der Waals surface area contributed by atoms with E-state index in [9.17, 15) is 8.42 Å². The van der Waals surface area contributed by atoms with Crippen molar-refractivity contribution in [3.8, 4) is 0 Å².